The van der Waals surface area contributed by atoms with Gasteiger partial charge in [0.2, 0.25) is 0 Å². The van der Waals surface area contributed by atoms with E-state index in [0.29, 0.717) is 11.1 Å². The molecule has 0 unspecified atom stereocenters. The van der Waals surface area contributed by atoms with Crippen LogP contribution in [0.15, 0.2) is 176 Å². The second-order valence-electron chi connectivity index (χ2n) is 11.9. The molecule has 3 nitrogen and oxygen atoms in total. The maximum Gasteiger partial charge on any atom is 0.180 e. The minimum absolute atomic E-state index is 0.606. The number of benzene rings is 7. The zero-order chi connectivity index (χ0) is 32.5. The molecule has 0 saturated heterocycles. The van der Waals surface area contributed by atoms with Crippen LogP contribution < -0.4 is 20.7 Å². The van der Waals surface area contributed by atoms with E-state index in [-0.39, 0.29) is 0 Å². The lowest BCUT2D eigenvalue weighted by atomic mass is 9.98. The van der Waals surface area contributed by atoms with Crippen molar-refractivity contribution in [3.63, 3.8) is 0 Å². The van der Waals surface area contributed by atoms with Gasteiger partial charge in [0, 0.05) is 16.3 Å². The molecule has 7 aromatic carbocycles. The minimum atomic E-state index is -2.89. The molecule has 8 aromatic rings. The van der Waals surface area contributed by atoms with E-state index < -0.39 is 8.07 Å². The highest BCUT2D eigenvalue weighted by Gasteiger charge is 2.43. The number of hydrogen-bond donors (Lipinski definition) is 0. The fourth-order valence-corrected chi connectivity index (χ4v) is 12.4. The molecular formula is C44H29N3Si. The highest BCUT2D eigenvalue weighted by atomic mass is 28.3. The molecule has 0 N–H and O–H groups in total. The Balaban J connectivity index is 1.47. The lowest BCUT2D eigenvalue weighted by Gasteiger charge is -2.36. The van der Waals surface area contributed by atoms with Gasteiger partial charge in [-0.3, -0.25) is 0 Å². The SMILES string of the molecule is N#Cc1ccc2c(c1)c1ccccc1n2-c1cccc(-c2ccccc2[Si](c2ccccc2)(c2ccccc2)c2ccccc2)c1C#N. The first-order chi connectivity index (χ1) is 23.8. The molecule has 0 bridgehead atoms. The van der Waals surface area contributed by atoms with Crippen molar-refractivity contribution in [2.24, 2.45) is 0 Å². The van der Waals surface area contributed by atoms with Gasteiger partial charge >= 0.3 is 0 Å². The smallest absolute Gasteiger partial charge is 0.180 e. The van der Waals surface area contributed by atoms with E-state index in [1.54, 1.807) is 0 Å². The molecule has 1 heterocycles. The van der Waals surface area contributed by atoms with Crippen LogP contribution in [0.3, 0.4) is 0 Å². The average molecular weight is 628 g/mol. The van der Waals surface area contributed by atoms with E-state index in [1.807, 2.05) is 36.4 Å². The summed E-state index contributed by atoms with van der Waals surface area (Å²) in [5, 5.41) is 27.8. The van der Waals surface area contributed by atoms with Crippen LogP contribution in [0.1, 0.15) is 11.1 Å². The van der Waals surface area contributed by atoms with Crippen molar-refractivity contribution in [3.05, 3.63) is 187 Å². The Bertz CT molecular complexity index is 2430. The van der Waals surface area contributed by atoms with Crippen molar-refractivity contribution in [1.29, 1.82) is 10.5 Å². The molecule has 0 aliphatic carbocycles. The largest absolute Gasteiger partial charge is 0.308 e. The van der Waals surface area contributed by atoms with Gasteiger partial charge in [-0.25, -0.2) is 0 Å². The fraction of sp³-hybridized carbons (Fsp3) is 0. The third-order valence-electron chi connectivity index (χ3n) is 9.44. The fourth-order valence-electron chi connectivity index (χ4n) is 7.45. The Hall–Kier alpha value is -6.46. The van der Waals surface area contributed by atoms with Gasteiger partial charge in [0.15, 0.2) is 8.07 Å². The van der Waals surface area contributed by atoms with Crippen LogP contribution in [0.4, 0.5) is 0 Å². The first kappa shape index (κ1) is 29.0. The normalized spacial score (nSPS) is 11.3. The summed E-state index contributed by atoms with van der Waals surface area (Å²) in [5.74, 6) is 0. The third-order valence-corrected chi connectivity index (χ3v) is 14.3. The van der Waals surface area contributed by atoms with Crippen molar-refractivity contribution in [2.45, 2.75) is 0 Å². The number of nitriles is 2. The molecule has 48 heavy (non-hydrogen) atoms. The summed E-state index contributed by atoms with van der Waals surface area (Å²) in [7, 11) is -2.89. The maximum absolute atomic E-state index is 11.0. The van der Waals surface area contributed by atoms with Gasteiger partial charge in [-0.05, 0) is 56.6 Å². The van der Waals surface area contributed by atoms with Gasteiger partial charge in [-0.2, -0.15) is 10.5 Å². The van der Waals surface area contributed by atoms with Crippen molar-refractivity contribution < 1.29 is 0 Å². The number of aromatic nitrogens is 1. The first-order valence-electron chi connectivity index (χ1n) is 16.0. The number of nitrogens with zero attached hydrogens (tertiary/aromatic N) is 3. The molecule has 8 rings (SSSR count). The zero-order valence-electron chi connectivity index (χ0n) is 26.1. The highest BCUT2D eigenvalue weighted by Crippen LogP contribution is 2.36. The standard InChI is InChI=1S/C44H29N3Si/c45-30-32-27-28-43-39(29-32)37-21-10-12-24-41(37)47(43)42-25-14-23-36(40(42)31-46)38-22-11-13-26-44(38)48(33-15-4-1-5-16-33,34-17-6-2-7-18-34)35-19-8-3-9-20-35/h1-29H. The zero-order valence-corrected chi connectivity index (χ0v) is 27.1. The van der Waals surface area contributed by atoms with E-state index >= 15 is 0 Å². The number of fused-ring (bicyclic) bond motifs is 3. The Labute approximate surface area is 280 Å². The Morgan fingerprint density at radius 3 is 1.60 bits per heavy atom. The number of rotatable bonds is 6. The number of para-hydroxylation sites is 1. The predicted octanol–water partition coefficient (Wildman–Crippen LogP) is 7.57. The molecule has 4 heteroatoms. The molecule has 0 atom stereocenters. The maximum atomic E-state index is 11.0. The first-order valence-corrected chi connectivity index (χ1v) is 18.0. The second kappa shape index (κ2) is 12.0. The average Bonchev–Trinajstić information content (AvgIpc) is 3.50. The van der Waals surface area contributed by atoms with Gasteiger partial charge in [-0.15, -0.1) is 0 Å². The van der Waals surface area contributed by atoms with Crippen LogP contribution in [-0.2, 0) is 0 Å². The molecule has 0 radical (unpaired) electrons. The molecule has 0 fully saturated rings. The summed E-state index contributed by atoms with van der Waals surface area (Å²) in [6.45, 7) is 0. The summed E-state index contributed by atoms with van der Waals surface area (Å²) in [6.07, 6.45) is 0. The van der Waals surface area contributed by atoms with Crippen LogP contribution in [0, 0.1) is 22.7 Å². The minimum Gasteiger partial charge on any atom is -0.308 e. The number of hydrogen-bond acceptors (Lipinski definition) is 2. The van der Waals surface area contributed by atoms with Crippen LogP contribution in [-0.4, -0.2) is 12.6 Å². The molecule has 0 amide bonds. The molecule has 0 aliphatic heterocycles. The van der Waals surface area contributed by atoms with Crippen LogP contribution in [0.25, 0.3) is 38.6 Å². The van der Waals surface area contributed by atoms with Gasteiger partial charge in [-0.1, -0.05) is 146 Å². The summed E-state index contributed by atoms with van der Waals surface area (Å²) in [5.41, 5.74) is 5.92. The van der Waals surface area contributed by atoms with Crippen molar-refractivity contribution >= 4 is 50.6 Å². The Morgan fingerprint density at radius 1 is 0.438 bits per heavy atom. The van der Waals surface area contributed by atoms with E-state index in [9.17, 15) is 10.5 Å². The van der Waals surface area contributed by atoms with E-state index in [2.05, 4.69) is 156 Å². The van der Waals surface area contributed by atoms with Gasteiger partial charge in [0.05, 0.1) is 33.9 Å². The summed E-state index contributed by atoms with van der Waals surface area (Å²) in [6, 6.07) is 66.4. The van der Waals surface area contributed by atoms with Crippen LogP contribution >= 0.6 is 0 Å². The summed E-state index contributed by atoms with van der Waals surface area (Å²) >= 11 is 0. The quantitative estimate of drug-likeness (QED) is 0.141. The Kier molecular flexibility index (Phi) is 7.27. The van der Waals surface area contributed by atoms with Crippen molar-refractivity contribution in [3.8, 4) is 29.0 Å². The molecule has 1 aromatic heterocycles. The van der Waals surface area contributed by atoms with Gasteiger partial charge in [0.25, 0.3) is 0 Å². The molecule has 0 saturated carbocycles. The molecular weight excluding hydrogens is 599 g/mol. The second-order valence-corrected chi connectivity index (χ2v) is 15.7. The van der Waals surface area contributed by atoms with Gasteiger partial charge in [0.1, 0.15) is 6.07 Å². The molecule has 224 valence electrons. The lowest BCUT2D eigenvalue weighted by Crippen LogP contribution is -2.75. The third kappa shape index (κ3) is 4.48. The summed E-state index contributed by atoms with van der Waals surface area (Å²) in [4.78, 5) is 0. The van der Waals surface area contributed by atoms with Crippen molar-refractivity contribution in [1.82, 2.24) is 4.57 Å². The lowest BCUT2D eigenvalue weighted by molar-refractivity contribution is 1.17. The van der Waals surface area contributed by atoms with E-state index in [4.69, 9.17) is 0 Å². The molecule has 0 aliphatic rings. The topological polar surface area (TPSA) is 52.5 Å². The Morgan fingerprint density at radius 2 is 0.979 bits per heavy atom. The predicted molar refractivity (Wildman–Crippen MR) is 199 cm³/mol. The van der Waals surface area contributed by atoms with E-state index in [1.165, 1.54) is 20.7 Å². The summed E-state index contributed by atoms with van der Waals surface area (Å²) < 4.78 is 2.17. The molecule has 0 spiro atoms. The van der Waals surface area contributed by atoms with Gasteiger partial charge < -0.3 is 4.57 Å². The van der Waals surface area contributed by atoms with Crippen LogP contribution in [0.5, 0.6) is 0 Å². The van der Waals surface area contributed by atoms with Crippen molar-refractivity contribution in [2.75, 3.05) is 0 Å². The van der Waals surface area contributed by atoms with E-state index in [0.717, 1.165) is 38.6 Å². The van der Waals surface area contributed by atoms with Crippen LogP contribution in [0.2, 0.25) is 0 Å². The highest BCUT2D eigenvalue weighted by molar-refractivity contribution is 7.20. The monoisotopic (exact) mass is 627 g/mol.